The van der Waals surface area contributed by atoms with Gasteiger partial charge >= 0.3 is 0 Å². The molecule has 6 nitrogen and oxygen atoms in total. The number of rotatable bonds is 10. The fourth-order valence-corrected chi connectivity index (χ4v) is 3.12. The highest BCUT2D eigenvalue weighted by atomic mass is 32.1. The number of hydrogen-bond donors (Lipinski definition) is 1. The molecule has 0 unspecified atom stereocenters. The number of ether oxygens (including phenoxy) is 1. The predicted molar refractivity (Wildman–Crippen MR) is 103 cm³/mol. The first-order valence-electron chi connectivity index (χ1n) is 8.70. The Bertz CT molecular complexity index is 703. The van der Waals surface area contributed by atoms with Crippen LogP contribution in [0, 0.1) is 6.92 Å². The highest BCUT2D eigenvalue weighted by Gasteiger charge is 2.18. The van der Waals surface area contributed by atoms with Gasteiger partial charge in [-0.15, -0.1) is 11.3 Å². The van der Waals surface area contributed by atoms with Gasteiger partial charge in [-0.1, -0.05) is 30.3 Å². The molecule has 2 aromatic rings. The maximum absolute atomic E-state index is 12.7. The van der Waals surface area contributed by atoms with E-state index in [1.807, 2.05) is 49.6 Å². The third-order valence-electron chi connectivity index (χ3n) is 3.67. The fraction of sp³-hybridized carbons (Fsp3) is 0.421. The molecule has 0 spiro atoms. The lowest BCUT2D eigenvalue weighted by atomic mass is 10.1. The number of aromatic nitrogens is 1. The average molecular weight is 375 g/mol. The fourth-order valence-electron chi connectivity index (χ4n) is 2.42. The van der Waals surface area contributed by atoms with Crippen LogP contribution in [0.4, 0.5) is 5.13 Å². The Morgan fingerprint density at radius 1 is 1.27 bits per heavy atom. The number of aryl methyl sites for hydroxylation is 1. The molecule has 1 aromatic carbocycles. The first-order valence-corrected chi connectivity index (χ1v) is 9.58. The van der Waals surface area contributed by atoms with Crippen molar-refractivity contribution in [2.75, 3.05) is 31.6 Å². The SMILES string of the molecule is CCOCCCN(CC(=O)Nc1nc(C)cs1)C(=O)Cc1ccccc1. The largest absolute Gasteiger partial charge is 0.382 e. The van der Waals surface area contributed by atoms with Crippen LogP contribution in [-0.4, -0.2) is 48.0 Å². The minimum absolute atomic E-state index is 0.0103. The zero-order chi connectivity index (χ0) is 18.8. The van der Waals surface area contributed by atoms with Gasteiger partial charge in [0.2, 0.25) is 11.8 Å². The number of anilines is 1. The third-order valence-corrected chi connectivity index (χ3v) is 4.55. The highest BCUT2D eigenvalue weighted by Crippen LogP contribution is 2.14. The number of carbonyl (C=O) groups is 2. The summed E-state index contributed by atoms with van der Waals surface area (Å²) in [5.74, 6) is -0.310. The molecule has 0 bridgehead atoms. The van der Waals surface area contributed by atoms with E-state index in [1.165, 1.54) is 11.3 Å². The Hall–Kier alpha value is -2.25. The second kappa shape index (κ2) is 10.7. The zero-order valence-corrected chi connectivity index (χ0v) is 16.1. The van der Waals surface area contributed by atoms with Gasteiger partial charge in [-0.25, -0.2) is 4.98 Å². The molecule has 140 valence electrons. The third kappa shape index (κ3) is 6.93. The van der Waals surface area contributed by atoms with Crippen LogP contribution in [-0.2, 0) is 20.7 Å². The van der Waals surface area contributed by atoms with Crippen molar-refractivity contribution >= 4 is 28.3 Å². The van der Waals surface area contributed by atoms with Crippen molar-refractivity contribution in [1.29, 1.82) is 0 Å². The van der Waals surface area contributed by atoms with Crippen molar-refractivity contribution in [3.8, 4) is 0 Å². The second-order valence-electron chi connectivity index (χ2n) is 5.87. The van der Waals surface area contributed by atoms with Gasteiger partial charge in [-0.2, -0.15) is 0 Å². The Morgan fingerprint density at radius 2 is 2.04 bits per heavy atom. The topological polar surface area (TPSA) is 71.5 Å². The summed E-state index contributed by atoms with van der Waals surface area (Å²) in [6.45, 7) is 5.50. The summed E-state index contributed by atoms with van der Waals surface area (Å²) in [5, 5.41) is 5.18. The molecule has 0 fully saturated rings. The molecule has 0 aliphatic carbocycles. The smallest absolute Gasteiger partial charge is 0.245 e. The van der Waals surface area contributed by atoms with Crippen molar-refractivity contribution in [3.63, 3.8) is 0 Å². The van der Waals surface area contributed by atoms with Gasteiger partial charge in [0.1, 0.15) is 0 Å². The summed E-state index contributed by atoms with van der Waals surface area (Å²) in [4.78, 5) is 30.8. The lowest BCUT2D eigenvalue weighted by Crippen LogP contribution is -2.39. The number of nitrogens with zero attached hydrogens (tertiary/aromatic N) is 2. The van der Waals surface area contributed by atoms with Gasteiger partial charge in [0, 0.05) is 25.1 Å². The van der Waals surface area contributed by atoms with Gasteiger partial charge in [-0.3, -0.25) is 9.59 Å². The van der Waals surface area contributed by atoms with Crippen molar-refractivity contribution in [2.24, 2.45) is 0 Å². The van der Waals surface area contributed by atoms with Crippen LogP contribution >= 0.6 is 11.3 Å². The molecule has 1 aromatic heterocycles. The lowest BCUT2D eigenvalue weighted by Gasteiger charge is -2.22. The average Bonchev–Trinajstić information content (AvgIpc) is 3.03. The normalized spacial score (nSPS) is 10.5. The van der Waals surface area contributed by atoms with E-state index < -0.39 is 0 Å². The van der Waals surface area contributed by atoms with E-state index in [2.05, 4.69) is 10.3 Å². The molecule has 0 aliphatic rings. The van der Waals surface area contributed by atoms with Crippen LogP contribution < -0.4 is 5.32 Å². The number of benzene rings is 1. The quantitative estimate of drug-likeness (QED) is 0.648. The lowest BCUT2D eigenvalue weighted by molar-refractivity contribution is -0.134. The van der Waals surface area contributed by atoms with Crippen LogP contribution in [0.3, 0.4) is 0 Å². The molecule has 0 saturated heterocycles. The van der Waals surface area contributed by atoms with Crippen LogP contribution in [0.15, 0.2) is 35.7 Å². The minimum atomic E-state index is -0.239. The Balaban J connectivity index is 1.94. The van der Waals surface area contributed by atoms with E-state index in [0.29, 0.717) is 31.3 Å². The molecule has 0 aliphatic heterocycles. The van der Waals surface area contributed by atoms with Gasteiger partial charge < -0.3 is 15.0 Å². The number of nitrogens with one attached hydrogen (secondary N) is 1. The predicted octanol–water partition coefficient (Wildman–Crippen LogP) is 2.89. The summed E-state index contributed by atoms with van der Waals surface area (Å²) < 4.78 is 5.34. The molecular weight excluding hydrogens is 350 g/mol. The monoisotopic (exact) mass is 375 g/mol. The molecular formula is C19H25N3O3S. The number of amides is 2. The summed E-state index contributed by atoms with van der Waals surface area (Å²) >= 11 is 1.37. The molecule has 26 heavy (non-hydrogen) atoms. The number of thiazole rings is 1. The van der Waals surface area contributed by atoms with E-state index in [1.54, 1.807) is 4.90 Å². The molecule has 1 N–H and O–H groups in total. The highest BCUT2D eigenvalue weighted by molar-refractivity contribution is 7.13. The summed E-state index contributed by atoms with van der Waals surface area (Å²) in [5.41, 5.74) is 1.79. The molecule has 2 rings (SSSR count). The van der Waals surface area contributed by atoms with E-state index >= 15 is 0 Å². The van der Waals surface area contributed by atoms with Gasteiger partial charge in [0.05, 0.1) is 18.7 Å². The zero-order valence-electron chi connectivity index (χ0n) is 15.2. The second-order valence-corrected chi connectivity index (χ2v) is 6.73. The van der Waals surface area contributed by atoms with Crippen molar-refractivity contribution in [1.82, 2.24) is 9.88 Å². The van der Waals surface area contributed by atoms with E-state index in [-0.39, 0.29) is 24.8 Å². The number of carbonyl (C=O) groups excluding carboxylic acids is 2. The number of hydrogen-bond acceptors (Lipinski definition) is 5. The molecule has 0 radical (unpaired) electrons. The summed E-state index contributed by atoms with van der Waals surface area (Å²) in [7, 11) is 0. The van der Waals surface area contributed by atoms with Gasteiger partial charge in [0.25, 0.3) is 0 Å². The van der Waals surface area contributed by atoms with E-state index in [0.717, 1.165) is 11.3 Å². The molecule has 1 heterocycles. The molecule has 7 heteroatoms. The van der Waals surface area contributed by atoms with Crippen molar-refractivity contribution in [2.45, 2.75) is 26.7 Å². The first-order chi connectivity index (χ1) is 12.6. The van der Waals surface area contributed by atoms with Crippen molar-refractivity contribution in [3.05, 3.63) is 47.0 Å². The van der Waals surface area contributed by atoms with E-state index in [4.69, 9.17) is 4.74 Å². The maximum atomic E-state index is 12.7. The Morgan fingerprint density at radius 3 is 2.69 bits per heavy atom. The molecule has 2 amide bonds. The van der Waals surface area contributed by atoms with Crippen molar-refractivity contribution < 1.29 is 14.3 Å². The van der Waals surface area contributed by atoms with Crippen LogP contribution in [0.5, 0.6) is 0 Å². The Labute approximate surface area is 158 Å². The van der Waals surface area contributed by atoms with Crippen LogP contribution in [0.2, 0.25) is 0 Å². The molecule has 0 saturated carbocycles. The van der Waals surface area contributed by atoms with Crippen LogP contribution in [0.1, 0.15) is 24.6 Å². The summed E-state index contributed by atoms with van der Waals surface area (Å²) in [6.07, 6.45) is 0.969. The van der Waals surface area contributed by atoms with Gasteiger partial charge in [0.15, 0.2) is 5.13 Å². The standard InChI is InChI=1S/C19H25N3O3S/c1-3-25-11-7-10-22(18(24)12-16-8-5-4-6-9-16)13-17(23)21-19-20-15(2)14-26-19/h4-6,8-9,14H,3,7,10-13H2,1-2H3,(H,20,21,23). The van der Waals surface area contributed by atoms with Crippen LogP contribution in [0.25, 0.3) is 0 Å². The Kier molecular flexibility index (Phi) is 8.24. The summed E-state index contributed by atoms with van der Waals surface area (Å²) in [6, 6.07) is 9.54. The maximum Gasteiger partial charge on any atom is 0.245 e. The first kappa shape index (κ1) is 20.1. The van der Waals surface area contributed by atoms with E-state index in [9.17, 15) is 9.59 Å². The minimum Gasteiger partial charge on any atom is -0.382 e. The van der Waals surface area contributed by atoms with Gasteiger partial charge in [-0.05, 0) is 25.8 Å². The molecule has 0 atom stereocenters.